The van der Waals surface area contributed by atoms with E-state index in [0.29, 0.717) is 24.1 Å². The first kappa shape index (κ1) is 28.7. The third kappa shape index (κ3) is 15.2. The molecule has 0 aliphatic rings. The van der Waals surface area contributed by atoms with Gasteiger partial charge in [-0.3, -0.25) is 25.2 Å². The zero-order valence-corrected chi connectivity index (χ0v) is 20.8. The molecule has 0 aromatic heterocycles. The van der Waals surface area contributed by atoms with E-state index in [1.165, 1.54) is 51.4 Å². The lowest BCUT2D eigenvalue weighted by molar-refractivity contribution is -0.122. The molecule has 186 valence electrons. The number of unbranched alkanes of at least 4 members (excludes halogenated alkanes) is 12. The minimum Gasteiger partial charge on any atom is -0.326 e. The van der Waals surface area contributed by atoms with E-state index in [9.17, 15) is 14.4 Å². The van der Waals surface area contributed by atoms with Gasteiger partial charge in [0.1, 0.15) is 0 Å². The van der Waals surface area contributed by atoms with Gasteiger partial charge in [-0.25, -0.2) is 0 Å². The van der Waals surface area contributed by atoms with E-state index in [1.54, 1.807) is 24.3 Å². The molecule has 33 heavy (non-hydrogen) atoms. The van der Waals surface area contributed by atoms with Gasteiger partial charge in [-0.15, -0.1) is 0 Å². The predicted molar refractivity (Wildman–Crippen MR) is 136 cm³/mol. The van der Waals surface area contributed by atoms with Gasteiger partial charge in [-0.2, -0.15) is 0 Å². The summed E-state index contributed by atoms with van der Waals surface area (Å²) in [5, 5.41) is 2.83. The van der Waals surface area contributed by atoms with Crippen LogP contribution in [0.2, 0.25) is 0 Å². The Morgan fingerprint density at radius 3 is 1.61 bits per heavy atom. The second kappa shape index (κ2) is 19.1. The molecule has 0 atom stereocenters. The van der Waals surface area contributed by atoms with Crippen LogP contribution in [-0.2, 0) is 9.59 Å². The van der Waals surface area contributed by atoms with Crippen LogP contribution in [0.5, 0.6) is 0 Å². The summed E-state index contributed by atoms with van der Waals surface area (Å²) in [6, 6.07) is 6.65. The molecule has 0 saturated heterocycles. The number of hydrazine groups is 1. The highest BCUT2D eigenvalue weighted by molar-refractivity contribution is 5.96. The quantitative estimate of drug-likeness (QED) is 0.169. The van der Waals surface area contributed by atoms with Crippen molar-refractivity contribution in [3.8, 4) is 0 Å². The Balaban J connectivity index is 2.10. The lowest BCUT2D eigenvalue weighted by atomic mass is 10.1. The molecule has 1 aromatic rings. The molecule has 0 saturated carbocycles. The summed E-state index contributed by atoms with van der Waals surface area (Å²) in [7, 11) is 0. The maximum Gasteiger partial charge on any atom is 0.269 e. The van der Waals surface area contributed by atoms with E-state index >= 15 is 0 Å². The second-order valence-electron chi connectivity index (χ2n) is 8.87. The Kier molecular flexibility index (Phi) is 16.6. The predicted octanol–water partition coefficient (Wildman–Crippen LogP) is 6.67. The lowest BCUT2D eigenvalue weighted by Crippen LogP contribution is -2.41. The molecule has 0 aliphatic heterocycles. The molecular formula is C27H45N3O3. The van der Waals surface area contributed by atoms with Crippen LogP contribution in [-0.4, -0.2) is 17.7 Å². The van der Waals surface area contributed by atoms with Crippen molar-refractivity contribution >= 4 is 23.4 Å². The maximum atomic E-state index is 12.2. The Morgan fingerprint density at radius 2 is 1.03 bits per heavy atom. The van der Waals surface area contributed by atoms with Crippen LogP contribution >= 0.6 is 0 Å². The van der Waals surface area contributed by atoms with Gasteiger partial charge in [-0.05, 0) is 37.1 Å². The first-order valence-corrected chi connectivity index (χ1v) is 13.1. The van der Waals surface area contributed by atoms with Crippen LogP contribution in [0.1, 0.15) is 127 Å². The number of nitrogens with one attached hydrogen (secondary N) is 3. The van der Waals surface area contributed by atoms with Crippen molar-refractivity contribution in [2.24, 2.45) is 0 Å². The number of anilines is 1. The van der Waals surface area contributed by atoms with Gasteiger partial charge in [0.05, 0.1) is 0 Å². The van der Waals surface area contributed by atoms with E-state index in [-0.39, 0.29) is 17.7 Å². The van der Waals surface area contributed by atoms with Crippen LogP contribution in [0.15, 0.2) is 24.3 Å². The van der Waals surface area contributed by atoms with E-state index in [2.05, 4.69) is 30.0 Å². The Hall–Kier alpha value is -2.37. The summed E-state index contributed by atoms with van der Waals surface area (Å²) in [6.45, 7) is 4.34. The van der Waals surface area contributed by atoms with E-state index < -0.39 is 0 Å². The third-order valence-corrected chi connectivity index (χ3v) is 5.76. The minimum absolute atomic E-state index is 0.0182. The Labute approximate surface area is 200 Å². The van der Waals surface area contributed by atoms with E-state index in [4.69, 9.17) is 0 Å². The average molecular weight is 460 g/mol. The van der Waals surface area contributed by atoms with Crippen molar-refractivity contribution in [1.29, 1.82) is 0 Å². The summed E-state index contributed by atoms with van der Waals surface area (Å²) >= 11 is 0. The zero-order chi connectivity index (χ0) is 24.2. The van der Waals surface area contributed by atoms with Crippen molar-refractivity contribution in [1.82, 2.24) is 10.9 Å². The van der Waals surface area contributed by atoms with Crippen molar-refractivity contribution in [3.05, 3.63) is 29.8 Å². The fraction of sp³-hybridized carbons (Fsp3) is 0.667. The number of carbonyl (C=O) groups is 3. The number of amides is 3. The molecule has 3 N–H and O–H groups in total. The maximum absolute atomic E-state index is 12.2. The fourth-order valence-corrected chi connectivity index (χ4v) is 3.67. The third-order valence-electron chi connectivity index (χ3n) is 5.76. The van der Waals surface area contributed by atoms with Crippen molar-refractivity contribution in [2.45, 2.75) is 117 Å². The van der Waals surface area contributed by atoms with Gasteiger partial charge in [0.15, 0.2) is 0 Å². The molecule has 1 aromatic carbocycles. The summed E-state index contributed by atoms with van der Waals surface area (Å²) in [5.41, 5.74) is 6.03. The number of carbonyl (C=O) groups excluding carboxylic acids is 3. The fourth-order valence-electron chi connectivity index (χ4n) is 3.67. The number of rotatable bonds is 18. The van der Waals surface area contributed by atoms with Crippen LogP contribution in [0, 0.1) is 0 Å². The zero-order valence-electron chi connectivity index (χ0n) is 20.8. The molecule has 3 amide bonds. The topological polar surface area (TPSA) is 87.3 Å². The van der Waals surface area contributed by atoms with Gasteiger partial charge in [-0.1, -0.05) is 90.9 Å². The van der Waals surface area contributed by atoms with Gasteiger partial charge < -0.3 is 5.32 Å². The summed E-state index contributed by atoms with van der Waals surface area (Å²) in [5.74, 6) is -0.561. The Morgan fingerprint density at radius 1 is 0.576 bits per heavy atom. The minimum atomic E-state index is -0.372. The van der Waals surface area contributed by atoms with Crippen molar-refractivity contribution in [2.75, 3.05) is 5.32 Å². The first-order chi connectivity index (χ1) is 16.1. The molecule has 0 fully saturated rings. The first-order valence-electron chi connectivity index (χ1n) is 13.1. The van der Waals surface area contributed by atoms with E-state index in [1.807, 2.05) is 0 Å². The molecule has 6 nitrogen and oxygen atoms in total. The molecule has 0 aliphatic carbocycles. The van der Waals surface area contributed by atoms with Gasteiger partial charge >= 0.3 is 0 Å². The Bertz CT molecular complexity index is 674. The SMILES string of the molecule is CCCCCCCCCCCCCC(=O)NNC(=O)c1ccc(NC(=O)CCCCC)cc1. The monoisotopic (exact) mass is 459 g/mol. The van der Waals surface area contributed by atoms with Crippen molar-refractivity contribution in [3.63, 3.8) is 0 Å². The number of benzene rings is 1. The van der Waals surface area contributed by atoms with E-state index in [0.717, 1.165) is 38.5 Å². The van der Waals surface area contributed by atoms with Crippen molar-refractivity contribution < 1.29 is 14.4 Å². The second-order valence-corrected chi connectivity index (χ2v) is 8.87. The molecule has 6 heteroatoms. The van der Waals surface area contributed by atoms with Gasteiger partial charge in [0, 0.05) is 24.1 Å². The highest BCUT2D eigenvalue weighted by Gasteiger charge is 2.08. The summed E-state index contributed by atoms with van der Waals surface area (Å²) in [4.78, 5) is 36.0. The molecule has 0 unspecified atom stereocenters. The van der Waals surface area contributed by atoms with Crippen LogP contribution in [0.4, 0.5) is 5.69 Å². The standard InChI is InChI=1S/C27H45N3O3/c1-3-5-7-8-9-10-11-12-13-14-16-18-26(32)29-30-27(33)23-19-21-24(22-20-23)28-25(31)17-15-6-4-2/h19-22H,3-18H2,1-2H3,(H,28,31)(H,29,32)(H,30,33). The molecule has 0 heterocycles. The number of hydrogen-bond acceptors (Lipinski definition) is 3. The van der Waals surface area contributed by atoms with Crippen LogP contribution < -0.4 is 16.2 Å². The van der Waals surface area contributed by atoms with Gasteiger partial charge in [0.2, 0.25) is 11.8 Å². The molecule has 0 bridgehead atoms. The highest BCUT2D eigenvalue weighted by atomic mass is 16.2. The van der Waals surface area contributed by atoms with Crippen LogP contribution in [0.3, 0.4) is 0 Å². The molecule has 1 rings (SSSR count). The normalized spacial score (nSPS) is 10.6. The molecular weight excluding hydrogens is 414 g/mol. The van der Waals surface area contributed by atoms with Gasteiger partial charge in [0.25, 0.3) is 5.91 Å². The smallest absolute Gasteiger partial charge is 0.269 e. The molecule has 0 radical (unpaired) electrons. The lowest BCUT2D eigenvalue weighted by Gasteiger charge is -2.09. The number of hydrogen-bond donors (Lipinski definition) is 3. The summed E-state index contributed by atoms with van der Waals surface area (Å²) in [6.07, 6.45) is 17.5. The van der Waals surface area contributed by atoms with Crippen LogP contribution in [0.25, 0.3) is 0 Å². The average Bonchev–Trinajstić information content (AvgIpc) is 2.81. The largest absolute Gasteiger partial charge is 0.326 e. The summed E-state index contributed by atoms with van der Waals surface area (Å²) < 4.78 is 0. The highest BCUT2D eigenvalue weighted by Crippen LogP contribution is 2.12. The molecule has 0 spiro atoms.